The third-order valence-electron chi connectivity index (χ3n) is 5.33. The van der Waals surface area contributed by atoms with Crippen molar-refractivity contribution in [2.24, 2.45) is 5.41 Å². The van der Waals surface area contributed by atoms with Gasteiger partial charge in [0.05, 0.1) is 6.04 Å². The Morgan fingerprint density at radius 3 is 2.83 bits per heavy atom. The minimum atomic E-state index is -0.253. The fourth-order valence-corrected chi connectivity index (χ4v) is 3.67. The Morgan fingerprint density at radius 1 is 1.39 bits per heavy atom. The zero-order valence-electron chi connectivity index (χ0n) is 13.8. The molecule has 2 saturated heterocycles. The molecular weight excluding hydrogens is 295 g/mol. The van der Waals surface area contributed by atoms with Gasteiger partial charge in [-0.15, -0.1) is 0 Å². The first-order valence-electron chi connectivity index (χ1n) is 8.28. The van der Waals surface area contributed by atoms with Crippen LogP contribution in [0.15, 0.2) is 24.3 Å². The Kier molecular flexibility index (Phi) is 4.43. The van der Waals surface area contributed by atoms with Crippen molar-refractivity contribution in [3.8, 4) is 0 Å². The molecular formula is C18H25FN2O2. The van der Waals surface area contributed by atoms with Crippen molar-refractivity contribution in [2.45, 2.75) is 38.1 Å². The number of amides is 1. The molecule has 0 aromatic heterocycles. The van der Waals surface area contributed by atoms with E-state index in [1.54, 1.807) is 12.1 Å². The van der Waals surface area contributed by atoms with Gasteiger partial charge in [0, 0.05) is 37.1 Å². The van der Waals surface area contributed by atoms with Gasteiger partial charge in [-0.2, -0.15) is 0 Å². The third kappa shape index (κ3) is 3.26. The molecule has 2 fully saturated rings. The summed E-state index contributed by atoms with van der Waals surface area (Å²) in [7, 11) is 0. The van der Waals surface area contributed by atoms with Crippen LogP contribution < -0.4 is 10.6 Å². The SMILES string of the molecule is CC(C)(CN[C@@H]1C(=O)NCC12CCOCC2)c1cccc(F)c1. The van der Waals surface area contributed by atoms with Gasteiger partial charge >= 0.3 is 0 Å². The summed E-state index contributed by atoms with van der Waals surface area (Å²) in [5, 5.41) is 6.46. The van der Waals surface area contributed by atoms with Crippen LogP contribution in [0.4, 0.5) is 4.39 Å². The maximum atomic E-state index is 13.5. The fraction of sp³-hybridized carbons (Fsp3) is 0.611. The summed E-state index contributed by atoms with van der Waals surface area (Å²) in [6, 6.07) is 6.49. The van der Waals surface area contributed by atoms with Gasteiger partial charge in [-0.3, -0.25) is 4.79 Å². The van der Waals surface area contributed by atoms with E-state index in [0.717, 1.165) is 18.4 Å². The molecule has 2 aliphatic rings. The van der Waals surface area contributed by atoms with E-state index < -0.39 is 0 Å². The number of rotatable bonds is 4. The number of halogens is 1. The van der Waals surface area contributed by atoms with Crippen molar-refractivity contribution in [2.75, 3.05) is 26.3 Å². The van der Waals surface area contributed by atoms with Crippen LogP contribution in [0.2, 0.25) is 0 Å². The Hall–Kier alpha value is -1.46. The van der Waals surface area contributed by atoms with Crippen LogP contribution in [0.25, 0.3) is 0 Å². The van der Waals surface area contributed by atoms with Crippen LogP contribution in [0, 0.1) is 11.2 Å². The molecule has 0 aliphatic carbocycles. The monoisotopic (exact) mass is 320 g/mol. The molecule has 2 aliphatic heterocycles. The molecule has 0 bridgehead atoms. The number of hydrogen-bond acceptors (Lipinski definition) is 3. The first-order chi connectivity index (χ1) is 10.9. The summed E-state index contributed by atoms with van der Waals surface area (Å²) >= 11 is 0. The number of ether oxygens (including phenoxy) is 1. The van der Waals surface area contributed by atoms with E-state index >= 15 is 0 Å². The molecule has 5 heteroatoms. The van der Waals surface area contributed by atoms with Gasteiger partial charge in [0.1, 0.15) is 5.82 Å². The van der Waals surface area contributed by atoms with E-state index in [9.17, 15) is 9.18 Å². The molecule has 126 valence electrons. The number of carbonyl (C=O) groups excluding carboxylic acids is 1. The van der Waals surface area contributed by atoms with Crippen LogP contribution >= 0.6 is 0 Å². The summed E-state index contributed by atoms with van der Waals surface area (Å²) in [6.07, 6.45) is 1.79. The molecule has 3 rings (SSSR count). The fourth-order valence-electron chi connectivity index (χ4n) is 3.67. The van der Waals surface area contributed by atoms with E-state index in [2.05, 4.69) is 24.5 Å². The Morgan fingerprint density at radius 2 is 2.13 bits per heavy atom. The average Bonchev–Trinajstić information content (AvgIpc) is 2.82. The zero-order valence-corrected chi connectivity index (χ0v) is 13.8. The van der Waals surface area contributed by atoms with Gasteiger partial charge in [-0.05, 0) is 30.5 Å². The second kappa shape index (κ2) is 6.21. The van der Waals surface area contributed by atoms with Crippen LogP contribution in [-0.2, 0) is 14.9 Å². The Balaban J connectivity index is 1.71. The van der Waals surface area contributed by atoms with Crippen LogP contribution in [0.1, 0.15) is 32.3 Å². The lowest BCUT2D eigenvalue weighted by molar-refractivity contribution is -0.122. The lowest BCUT2D eigenvalue weighted by Gasteiger charge is -2.38. The average molecular weight is 320 g/mol. The van der Waals surface area contributed by atoms with Crippen molar-refractivity contribution in [1.29, 1.82) is 0 Å². The van der Waals surface area contributed by atoms with Crippen LogP contribution in [-0.4, -0.2) is 38.3 Å². The smallest absolute Gasteiger partial charge is 0.237 e. The van der Waals surface area contributed by atoms with E-state index in [-0.39, 0.29) is 28.6 Å². The van der Waals surface area contributed by atoms with E-state index in [4.69, 9.17) is 4.74 Å². The van der Waals surface area contributed by atoms with Crippen molar-refractivity contribution in [1.82, 2.24) is 10.6 Å². The molecule has 4 nitrogen and oxygen atoms in total. The molecule has 1 aromatic rings. The highest BCUT2D eigenvalue weighted by Crippen LogP contribution is 2.37. The van der Waals surface area contributed by atoms with Gasteiger partial charge in [0.25, 0.3) is 0 Å². The minimum Gasteiger partial charge on any atom is -0.381 e. The van der Waals surface area contributed by atoms with Crippen molar-refractivity contribution >= 4 is 5.91 Å². The Bertz CT molecular complexity index is 582. The number of nitrogens with one attached hydrogen (secondary N) is 2. The summed E-state index contributed by atoms with van der Waals surface area (Å²) in [5.41, 5.74) is 0.634. The first-order valence-corrected chi connectivity index (χ1v) is 8.28. The molecule has 1 amide bonds. The standard InChI is InChI=1S/C18H25FN2O2/c1-17(2,13-4-3-5-14(19)10-13)11-20-15-16(22)21-12-18(15)6-8-23-9-7-18/h3-5,10,15,20H,6-9,11-12H2,1-2H3,(H,21,22)/t15-/m1/s1. The van der Waals surface area contributed by atoms with E-state index in [1.165, 1.54) is 6.07 Å². The molecule has 1 spiro atoms. The number of hydrogen-bond donors (Lipinski definition) is 2. The van der Waals surface area contributed by atoms with E-state index in [0.29, 0.717) is 26.3 Å². The van der Waals surface area contributed by atoms with Crippen molar-refractivity contribution in [3.05, 3.63) is 35.6 Å². The predicted molar refractivity (Wildman–Crippen MR) is 86.7 cm³/mol. The van der Waals surface area contributed by atoms with Crippen molar-refractivity contribution < 1.29 is 13.9 Å². The highest BCUT2D eigenvalue weighted by molar-refractivity contribution is 5.85. The summed E-state index contributed by atoms with van der Waals surface area (Å²) in [4.78, 5) is 12.3. The van der Waals surface area contributed by atoms with Gasteiger partial charge in [0.2, 0.25) is 5.91 Å². The molecule has 2 N–H and O–H groups in total. The molecule has 23 heavy (non-hydrogen) atoms. The van der Waals surface area contributed by atoms with Gasteiger partial charge in [0.15, 0.2) is 0 Å². The molecule has 0 saturated carbocycles. The highest BCUT2D eigenvalue weighted by Gasteiger charge is 2.49. The second-order valence-corrected chi connectivity index (χ2v) is 7.40. The molecule has 2 heterocycles. The zero-order chi connectivity index (χ0) is 16.5. The molecule has 1 aromatic carbocycles. The molecule has 0 radical (unpaired) electrons. The highest BCUT2D eigenvalue weighted by atomic mass is 19.1. The van der Waals surface area contributed by atoms with E-state index in [1.807, 2.05) is 6.07 Å². The molecule has 0 unspecified atom stereocenters. The summed E-state index contributed by atoms with van der Waals surface area (Å²) < 4.78 is 18.9. The minimum absolute atomic E-state index is 0.0483. The quantitative estimate of drug-likeness (QED) is 0.892. The lowest BCUT2D eigenvalue weighted by atomic mass is 9.75. The van der Waals surface area contributed by atoms with Crippen molar-refractivity contribution in [3.63, 3.8) is 0 Å². The predicted octanol–water partition coefficient (Wildman–Crippen LogP) is 1.99. The normalized spacial score (nSPS) is 24.0. The largest absolute Gasteiger partial charge is 0.381 e. The van der Waals surface area contributed by atoms with Gasteiger partial charge in [-0.25, -0.2) is 4.39 Å². The summed E-state index contributed by atoms with van der Waals surface area (Å²) in [6.45, 7) is 6.89. The lowest BCUT2D eigenvalue weighted by Crippen LogP contribution is -2.52. The number of benzene rings is 1. The maximum Gasteiger partial charge on any atom is 0.237 e. The maximum absolute atomic E-state index is 13.5. The summed E-state index contributed by atoms with van der Waals surface area (Å²) in [5.74, 6) is -0.156. The van der Waals surface area contributed by atoms with Gasteiger partial charge < -0.3 is 15.4 Å². The Labute approximate surface area is 136 Å². The van der Waals surface area contributed by atoms with Crippen LogP contribution in [0.3, 0.4) is 0 Å². The first kappa shape index (κ1) is 16.4. The van der Waals surface area contributed by atoms with Crippen LogP contribution in [0.5, 0.6) is 0 Å². The topological polar surface area (TPSA) is 50.4 Å². The molecule has 1 atom stereocenters. The number of carbonyl (C=O) groups is 1. The second-order valence-electron chi connectivity index (χ2n) is 7.40. The third-order valence-corrected chi connectivity index (χ3v) is 5.33. The van der Waals surface area contributed by atoms with Gasteiger partial charge in [-0.1, -0.05) is 26.0 Å².